The van der Waals surface area contributed by atoms with E-state index in [-0.39, 0.29) is 35.4 Å². The van der Waals surface area contributed by atoms with Gasteiger partial charge in [0.2, 0.25) is 11.8 Å². The molecule has 1 atom stereocenters. The molecule has 0 radical (unpaired) electrons. The second-order valence-electron chi connectivity index (χ2n) is 7.70. The predicted molar refractivity (Wildman–Crippen MR) is 125 cm³/mol. The van der Waals surface area contributed by atoms with Crippen LogP contribution in [0.5, 0.6) is 0 Å². The average molecular weight is 453 g/mol. The maximum atomic E-state index is 14.4. The number of rotatable bonds is 8. The van der Waals surface area contributed by atoms with Crippen molar-refractivity contribution in [2.45, 2.75) is 32.4 Å². The van der Waals surface area contributed by atoms with Gasteiger partial charge in [0.05, 0.1) is 6.42 Å². The number of aryl methyl sites for hydroxylation is 1. The van der Waals surface area contributed by atoms with Crippen molar-refractivity contribution in [3.05, 3.63) is 106 Å². The molecule has 3 rings (SSSR count). The lowest BCUT2D eigenvalue weighted by Gasteiger charge is -2.31. The summed E-state index contributed by atoms with van der Waals surface area (Å²) >= 11 is 6.17. The van der Waals surface area contributed by atoms with Crippen molar-refractivity contribution in [3.63, 3.8) is 0 Å². The van der Waals surface area contributed by atoms with Crippen LogP contribution >= 0.6 is 11.6 Å². The van der Waals surface area contributed by atoms with Gasteiger partial charge in [0, 0.05) is 30.6 Å². The molecule has 0 saturated heterocycles. The normalized spacial score (nSPS) is 11.6. The zero-order valence-electron chi connectivity index (χ0n) is 18.1. The van der Waals surface area contributed by atoms with E-state index >= 15 is 0 Å². The van der Waals surface area contributed by atoms with Crippen molar-refractivity contribution < 1.29 is 14.0 Å². The Hall–Kier alpha value is -3.18. The van der Waals surface area contributed by atoms with Crippen molar-refractivity contribution in [1.29, 1.82) is 0 Å². The molecule has 2 amide bonds. The van der Waals surface area contributed by atoms with Crippen LogP contribution in [-0.2, 0) is 29.0 Å². The molecule has 0 aliphatic heterocycles. The van der Waals surface area contributed by atoms with Gasteiger partial charge in [-0.05, 0) is 30.2 Å². The molecule has 4 nitrogen and oxygen atoms in total. The van der Waals surface area contributed by atoms with Crippen LogP contribution in [-0.4, -0.2) is 29.8 Å². The summed E-state index contributed by atoms with van der Waals surface area (Å²) in [6.45, 7) is 2.20. The van der Waals surface area contributed by atoms with Crippen molar-refractivity contribution in [3.8, 4) is 0 Å². The second-order valence-corrected chi connectivity index (χ2v) is 8.11. The van der Waals surface area contributed by atoms with Gasteiger partial charge in [-0.3, -0.25) is 9.59 Å². The molecule has 3 aromatic carbocycles. The number of amides is 2. The van der Waals surface area contributed by atoms with E-state index in [0.29, 0.717) is 6.42 Å². The summed E-state index contributed by atoms with van der Waals surface area (Å²) in [4.78, 5) is 27.9. The summed E-state index contributed by atoms with van der Waals surface area (Å²) in [5.41, 5.74) is 3.03. The van der Waals surface area contributed by atoms with Gasteiger partial charge in [-0.25, -0.2) is 4.39 Å². The van der Waals surface area contributed by atoms with Gasteiger partial charge in [-0.15, -0.1) is 0 Å². The van der Waals surface area contributed by atoms with Gasteiger partial charge in [0.15, 0.2) is 0 Å². The summed E-state index contributed by atoms with van der Waals surface area (Å²) in [5.74, 6) is -1.20. The van der Waals surface area contributed by atoms with Gasteiger partial charge in [0.25, 0.3) is 0 Å². The molecule has 0 bridgehead atoms. The van der Waals surface area contributed by atoms with Gasteiger partial charge >= 0.3 is 0 Å². The summed E-state index contributed by atoms with van der Waals surface area (Å²) in [6, 6.07) is 20.8. The fourth-order valence-corrected chi connectivity index (χ4v) is 3.79. The van der Waals surface area contributed by atoms with E-state index < -0.39 is 11.9 Å². The molecule has 1 N–H and O–H groups in total. The van der Waals surface area contributed by atoms with Crippen LogP contribution in [0, 0.1) is 12.7 Å². The van der Waals surface area contributed by atoms with Crippen LogP contribution in [0.3, 0.4) is 0 Å². The van der Waals surface area contributed by atoms with Gasteiger partial charge < -0.3 is 10.2 Å². The number of nitrogens with zero attached hydrogens (tertiary/aromatic N) is 1. The fraction of sp³-hybridized carbons (Fsp3) is 0.231. The number of halogens is 2. The minimum absolute atomic E-state index is 0.128. The largest absolute Gasteiger partial charge is 0.357 e. The maximum absolute atomic E-state index is 14.4. The van der Waals surface area contributed by atoms with Crippen LogP contribution in [0.2, 0.25) is 5.02 Å². The third-order valence-electron chi connectivity index (χ3n) is 5.38. The molecule has 0 heterocycles. The van der Waals surface area contributed by atoms with E-state index in [1.807, 2.05) is 61.5 Å². The van der Waals surface area contributed by atoms with Crippen LogP contribution in [0.1, 0.15) is 22.3 Å². The molecule has 1 unspecified atom stereocenters. The highest BCUT2D eigenvalue weighted by Crippen LogP contribution is 2.22. The van der Waals surface area contributed by atoms with E-state index in [1.165, 1.54) is 17.0 Å². The van der Waals surface area contributed by atoms with Crippen molar-refractivity contribution >= 4 is 23.4 Å². The third kappa shape index (κ3) is 5.95. The topological polar surface area (TPSA) is 49.4 Å². The first-order valence-corrected chi connectivity index (χ1v) is 10.8. The highest BCUT2D eigenvalue weighted by molar-refractivity contribution is 6.31. The summed E-state index contributed by atoms with van der Waals surface area (Å²) in [5, 5.41) is 2.86. The summed E-state index contributed by atoms with van der Waals surface area (Å²) < 4.78 is 14.4. The highest BCUT2D eigenvalue weighted by atomic mass is 35.5. The van der Waals surface area contributed by atoms with Gasteiger partial charge in [-0.1, -0.05) is 77.8 Å². The van der Waals surface area contributed by atoms with Gasteiger partial charge in [-0.2, -0.15) is 0 Å². The fourth-order valence-electron chi connectivity index (χ4n) is 3.56. The Morgan fingerprint density at radius 3 is 2.28 bits per heavy atom. The molecule has 0 aliphatic rings. The predicted octanol–water partition coefficient (Wildman–Crippen LogP) is 4.72. The first-order valence-electron chi connectivity index (χ1n) is 10.4. The minimum Gasteiger partial charge on any atom is -0.357 e. The molecule has 0 saturated carbocycles. The van der Waals surface area contributed by atoms with Crippen molar-refractivity contribution in [2.24, 2.45) is 0 Å². The van der Waals surface area contributed by atoms with E-state index in [2.05, 4.69) is 5.32 Å². The Kier molecular flexibility index (Phi) is 8.01. The van der Waals surface area contributed by atoms with E-state index in [1.54, 1.807) is 13.1 Å². The Labute approximate surface area is 193 Å². The lowest BCUT2D eigenvalue weighted by Crippen LogP contribution is -2.50. The molecular weight excluding hydrogens is 427 g/mol. The van der Waals surface area contributed by atoms with Crippen molar-refractivity contribution in [2.75, 3.05) is 7.05 Å². The third-order valence-corrected chi connectivity index (χ3v) is 5.73. The maximum Gasteiger partial charge on any atom is 0.242 e. The smallest absolute Gasteiger partial charge is 0.242 e. The number of hydrogen-bond acceptors (Lipinski definition) is 2. The molecular formula is C26H26ClFN2O2. The standard InChI is InChI=1S/C26H26ClFN2O2/c1-18-11-13-20(14-12-18)17-30(25(31)16-21-22(27)9-6-10-23(21)28)24(26(32)29-2)15-19-7-4-3-5-8-19/h3-14,24H,15-17H2,1-2H3,(H,29,32). The van der Waals surface area contributed by atoms with E-state index in [9.17, 15) is 14.0 Å². The Bertz CT molecular complexity index is 1050. The second kappa shape index (κ2) is 10.9. The van der Waals surface area contributed by atoms with Crippen LogP contribution in [0.15, 0.2) is 72.8 Å². The number of nitrogens with one attached hydrogen (secondary N) is 1. The quantitative estimate of drug-likeness (QED) is 0.537. The number of carbonyl (C=O) groups is 2. The Balaban J connectivity index is 1.97. The SMILES string of the molecule is CNC(=O)C(Cc1ccccc1)N(Cc1ccc(C)cc1)C(=O)Cc1c(F)cccc1Cl. The summed E-state index contributed by atoms with van der Waals surface area (Å²) in [7, 11) is 1.54. The van der Waals surface area contributed by atoms with E-state index in [0.717, 1.165) is 16.7 Å². The molecule has 3 aromatic rings. The summed E-state index contributed by atoms with van der Waals surface area (Å²) in [6.07, 6.45) is 0.1000. The van der Waals surface area contributed by atoms with Gasteiger partial charge in [0.1, 0.15) is 11.9 Å². The highest BCUT2D eigenvalue weighted by Gasteiger charge is 2.30. The van der Waals surface area contributed by atoms with E-state index in [4.69, 9.17) is 11.6 Å². The minimum atomic E-state index is -0.762. The number of likely N-dealkylation sites (N-methyl/N-ethyl adjacent to an activating group) is 1. The monoisotopic (exact) mass is 452 g/mol. The van der Waals surface area contributed by atoms with Crippen LogP contribution < -0.4 is 5.32 Å². The number of carbonyl (C=O) groups excluding carboxylic acids is 2. The van der Waals surface area contributed by atoms with Crippen molar-refractivity contribution in [1.82, 2.24) is 10.2 Å². The molecule has 32 heavy (non-hydrogen) atoms. The number of hydrogen-bond donors (Lipinski definition) is 1. The lowest BCUT2D eigenvalue weighted by atomic mass is 10.0. The number of benzene rings is 3. The Morgan fingerprint density at radius 2 is 1.66 bits per heavy atom. The van der Waals surface area contributed by atoms with Crippen LogP contribution in [0.4, 0.5) is 4.39 Å². The van der Waals surface area contributed by atoms with Crippen LogP contribution in [0.25, 0.3) is 0 Å². The lowest BCUT2D eigenvalue weighted by molar-refractivity contribution is -0.140. The Morgan fingerprint density at radius 1 is 0.969 bits per heavy atom. The zero-order valence-corrected chi connectivity index (χ0v) is 18.9. The molecule has 166 valence electrons. The average Bonchev–Trinajstić information content (AvgIpc) is 2.80. The molecule has 0 spiro atoms. The first kappa shape index (κ1) is 23.5. The molecule has 0 aliphatic carbocycles. The molecule has 0 aromatic heterocycles. The molecule has 6 heteroatoms. The molecule has 0 fully saturated rings. The zero-order chi connectivity index (χ0) is 23.1. The first-order chi connectivity index (χ1) is 15.4.